The van der Waals surface area contributed by atoms with Crippen LogP contribution in [-0.4, -0.2) is 17.7 Å². The average molecular weight is 364 g/mol. The van der Waals surface area contributed by atoms with Crippen LogP contribution in [0.3, 0.4) is 0 Å². The molecule has 1 heterocycles. The Labute approximate surface area is 157 Å². The van der Waals surface area contributed by atoms with Crippen LogP contribution in [0.15, 0.2) is 65.0 Å². The van der Waals surface area contributed by atoms with Crippen LogP contribution in [0.5, 0.6) is 5.75 Å². The number of hydrogen-bond acceptors (Lipinski definition) is 4. The largest absolute Gasteiger partial charge is 0.489 e. The lowest BCUT2D eigenvalue weighted by Crippen LogP contribution is -2.19. The first-order valence-corrected chi connectivity index (χ1v) is 9.08. The molecule has 0 unspecified atom stereocenters. The Balaban J connectivity index is 1.83. The van der Waals surface area contributed by atoms with E-state index in [9.17, 15) is 4.79 Å². The lowest BCUT2D eigenvalue weighted by molar-refractivity contribution is -0.115. The molecule has 1 amide bonds. The summed E-state index contributed by atoms with van der Waals surface area (Å²) in [6, 6.07) is 13.6. The van der Waals surface area contributed by atoms with Crippen LogP contribution >= 0.6 is 11.8 Å². The SMILES string of the molecule is C=CCOc1ccccc1C=C1SC(=Nc2ccc(C)c(C)c2)NC1=O. The van der Waals surface area contributed by atoms with Gasteiger partial charge in [0.2, 0.25) is 0 Å². The fraction of sp³-hybridized carbons (Fsp3) is 0.143. The zero-order chi connectivity index (χ0) is 18.5. The van der Waals surface area contributed by atoms with Crippen LogP contribution in [0.1, 0.15) is 16.7 Å². The van der Waals surface area contributed by atoms with E-state index in [4.69, 9.17) is 4.74 Å². The molecule has 1 aliphatic heterocycles. The van der Waals surface area contributed by atoms with E-state index in [-0.39, 0.29) is 5.91 Å². The number of hydrogen-bond donors (Lipinski definition) is 1. The minimum atomic E-state index is -0.156. The number of nitrogens with zero attached hydrogens (tertiary/aromatic N) is 1. The highest BCUT2D eigenvalue weighted by Crippen LogP contribution is 2.30. The molecular formula is C21H20N2O2S. The second-order valence-electron chi connectivity index (χ2n) is 5.89. The van der Waals surface area contributed by atoms with E-state index in [1.165, 1.54) is 22.9 Å². The van der Waals surface area contributed by atoms with Crippen molar-refractivity contribution in [3.63, 3.8) is 0 Å². The fourth-order valence-corrected chi connectivity index (χ4v) is 3.25. The van der Waals surface area contributed by atoms with Crippen LogP contribution in [-0.2, 0) is 4.79 Å². The van der Waals surface area contributed by atoms with Crippen molar-refractivity contribution >= 4 is 34.6 Å². The normalized spacial score (nSPS) is 16.8. The molecule has 26 heavy (non-hydrogen) atoms. The fourth-order valence-electron chi connectivity index (χ4n) is 2.41. The molecule has 1 N–H and O–H groups in total. The molecule has 0 saturated carbocycles. The van der Waals surface area contributed by atoms with E-state index in [2.05, 4.69) is 23.8 Å². The van der Waals surface area contributed by atoms with Gasteiger partial charge in [0, 0.05) is 5.56 Å². The van der Waals surface area contributed by atoms with Crippen LogP contribution in [0.2, 0.25) is 0 Å². The molecule has 4 nitrogen and oxygen atoms in total. The van der Waals surface area contributed by atoms with Gasteiger partial charge in [-0.1, -0.05) is 36.9 Å². The molecular weight excluding hydrogens is 344 g/mol. The summed E-state index contributed by atoms with van der Waals surface area (Å²) < 4.78 is 5.64. The molecule has 0 bridgehead atoms. The third-order valence-corrected chi connectivity index (χ3v) is 4.84. The topological polar surface area (TPSA) is 50.7 Å². The Hall–Kier alpha value is -2.79. The monoisotopic (exact) mass is 364 g/mol. The quantitative estimate of drug-likeness (QED) is 0.615. The molecule has 1 saturated heterocycles. The van der Waals surface area contributed by atoms with E-state index < -0.39 is 0 Å². The number of para-hydroxylation sites is 1. The van der Waals surface area contributed by atoms with Gasteiger partial charge in [0.1, 0.15) is 12.4 Å². The molecule has 0 radical (unpaired) electrons. The smallest absolute Gasteiger partial charge is 0.264 e. The maximum atomic E-state index is 12.3. The minimum Gasteiger partial charge on any atom is -0.489 e. The molecule has 0 aliphatic carbocycles. The summed E-state index contributed by atoms with van der Waals surface area (Å²) in [5, 5.41) is 3.40. The van der Waals surface area contributed by atoms with E-state index in [1.54, 1.807) is 6.08 Å². The van der Waals surface area contributed by atoms with Crippen LogP contribution in [0, 0.1) is 13.8 Å². The molecule has 3 rings (SSSR count). The maximum absolute atomic E-state index is 12.3. The second kappa shape index (κ2) is 8.06. The molecule has 0 atom stereocenters. The summed E-state index contributed by atoms with van der Waals surface area (Å²) in [5.41, 5.74) is 4.06. The first-order valence-electron chi connectivity index (χ1n) is 8.26. The number of carbonyl (C=O) groups excluding carboxylic acids is 1. The van der Waals surface area contributed by atoms with Crippen molar-refractivity contribution in [3.05, 3.63) is 76.7 Å². The first-order chi connectivity index (χ1) is 12.6. The Kier molecular flexibility index (Phi) is 5.58. The Morgan fingerprint density at radius 3 is 2.77 bits per heavy atom. The highest BCUT2D eigenvalue weighted by atomic mass is 32.2. The van der Waals surface area contributed by atoms with Gasteiger partial charge in [0.05, 0.1) is 10.6 Å². The van der Waals surface area contributed by atoms with Gasteiger partial charge in [-0.25, -0.2) is 4.99 Å². The number of amidine groups is 1. The zero-order valence-corrected chi connectivity index (χ0v) is 15.6. The number of carbonyl (C=O) groups is 1. The summed E-state index contributed by atoms with van der Waals surface area (Å²) in [5.74, 6) is 0.559. The summed E-state index contributed by atoms with van der Waals surface area (Å²) >= 11 is 1.33. The third-order valence-electron chi connectivity index (χ3n) is 3.93. The predicted molar refractivity (Wildman–Crippen MR) is 109 cm³/mol. The highest BCUT2D eigenvalue weighted by molar-refractivity contribution is 8.18. The van der Waals surface area contributed by atoms with Crippen molar-refractivity contribution in [1.29, 1.82) is 0 Å². The Morgan fingerprint density at radius 2 is 2.00 bits per heavy atom. The van der Waals surface area contributed by atoms with Crippen molar-refractivity contribution in [3.8, 4) is 5.75 Å². The van der Waals surface area contributed by atoms with Crippen molar-refractivity contribution < 1.29 is 9.53 Å². The number of ether oxygens (including phenoxy) is 1. The molecule has 1 fully saturated rings. The lowest BCUT2D eigenvalue weighted by Gasteiger charge is -2.06. The molecule has 2 aromatic carbocycles. The second-order valence-corrected chi connectivity index (χ2v) is 6.92. The Bertz CT molecular complexity index is 916. The number of aryl methyl sites for hydroxylation is 2. The zero-order valence-electron chi connectivity index (χ0n) is 14.8. The predicted octanol–water partition coefficient (Wildman–Crippen LogP) is 4.76. The van der Waals surface area contributed by atoms with Gasteiger partial charge in [-0.2, -0.15) is 0 Å². The number of benzene rings is 2. The minimum absolute atomic E-state index is 0.156. The number of rotatable bonds is 5. The number of aliphatic imine (C=N–C) groups is 1. The van der Waals surface area contributed by atoms with Gasteiger partial charge in [0.15, 0.2) is 5.17 Å². The van der Waals surface area contributed by atoms with E-state index >= 15 is 0 Å². The summed E-state index contributed by atoms with van der Waals surface area (Å²) in [6.45, 7) is 8.18. The maximum Gasteiger partial charge on any atom is 0.264 e. The van der Waals surface area contributed by atoms with Gasteiger partial charge in [-0.3, -0.25) is 4.79 Å². The van der Waals surface area contributed by atoms with Gasteiger partial charge in [0.25, 0.3) is 5.91 Å². The molecule has 0 aromatic heterocycles. The van der Waals surface area contributed by atoms with Crippen molar-refractivity contribution in [2.24, 2.45) is 4.99 Å². The van der Waals surface area contributed by atoms with Crippen LogP contribution in [0.4, 0.5) is 5.69 Å². The van der Waals surface area contributed by atoms with E-state index in [0.29, 0.717) is 22.4 Å². The lowest BCUT2D eigenvalue weighted by atomic mass is 10.1. The van der Waals surface area contributed by atoms with Gasteiger partial charge in [-0.05, 0) is 61.0 Å². The standard InChI is InChI=1S/C21H20N2O2S/c1-4-11-25-18-8-6-5-7-16(18)13-19-20(24)23-21(26-19)22-17-10-9-14(2)15(3)12-17/h4-10,12-13H,1,11H2,2-3H3,(H,22,23,24). The molecule has 5 heteroatoms. The average Bonchev–Trinajstić information content (AvgIpc) is 2.96. The van der Waals surface area contributed by atoms with Crippen LogP contribution in [0.25, 0.3) is 6.08 Å². The van der Waals surface area contributed by atoms with Gasteiger partial charge in [-0.15, -0.1) is 0 Å². The molecule has 2 aromatic rings. The van der Waals surface area contributed by atoms with Crippen LogP contribution < -0.4 is 10.1 Å². The summed E-state index contributed by atoms with van der Waals surface area (Å²) in [7, 11) is 0. The molecule has 132 valence electrons. The van der Waals surface area contributed by atoms with Gasteiger partial charge < -0.3 is 10.1 Å². The third kappa shape index (κ3) is 4.24. The van der Waals surface area contributed by atoms with Crippen molar-refractivity contribution in [1.82, 2.24) is 5.32 Å². The first kappa shape index (κ1) is 18.0. The number of thioether (sulfide) groups is 1. The van der Waals surface area contributed by atoms with Gasteiger partial charge >= 0.3 is 0 Å². The highest BCUT2D eigenvalue weighted by Gasteiger charge is 2.24. The summed E-state index contributed by atoms with van der Waals surface area (Å²) in [4.78, 5) is 17.4. The Morgan fingerprint density at radius 1 is 1.19 bits per heavy atom. The molecule has 0 spiro atoms. The number of nitrogens with one attached hydrogen (secondary N) is 1. The number of amides is 1. The van der Waals surface area contributed by atoms with Crippen molar-refractivity contribution in [2.45, 2.75) is 13.8 Å². The molecule has 1 aliphatic rings. The summed E-state index contributed by atoms with van der Waals surface area (Å²) in [6.07, 6.45) is 3.51. The van der Waals surface area contributed by atoms with E-state index in [0.717, 1.165) is 11.3 Å². The van der Waals surface area contributed by atoms with Crippen molar-refractivity contribution in [2.75, 3.05) is 6.61 Å². The van der Waals surface area contributed by atoms with E-state index in [1.807, 2.05) is 55.5 Å².